The van der Waals surface area contributed by atoms with Crippen LogP contribution in [0.4, 0.5) is 0 Å². The van der Waals surface area contributed by atoms with Crippen molar-refractivity contribution in [3.05, 3.63) is 36.2 Å². The van der Waals surface area contributed by atoms with Crippen molar-refractivity contribution in [2.24, 2.45) is 0 Å². The van der Waals surface area contributed by atoms with E-state index in [1.54, 1.807) is 10.9 Å². The largest absolute Gasteiger partial charge is 0.313 e. The van der Waals surface area contributed by atoms with Gasteiger partial charge in [0, 0.05) is 12.6 Å². The van der Waals surface area contributed by atoms with Gasteiger partial charge in [-0.1, -0.05) is 32.6 Å². The molecule has 1 aromatic rings. The Balaban J connectivity index is 3.12. The van der Waals surface area contributed by atoms with Crippen molar-refractivity contribution in [2.45, 2.75) is 19.8 Å². The summed E-state index contributed by atoms with van der Waals surface area (Å²) in [6.45, 7) is 7.96. The van der Waals surface area contributed by atoms with E-state index in [-0.39, 0.29) is 0 Å². The predicted molar refractivity (Wildman–Crippen MR) is 60.8 cm³/mol. The number of aromatic nitrogens is 2. The molecule has 0 atom stereocenters. The van der Waals surface area contributed by atoms with E-state index in [0.29, 0.717) is 5.92 Å². The molecule has 0 aromatic carbocycles. The molecule has 0 amide bonds. The second-order valence-corrected chi connectivity index (χ2v) is 3.37. The third-order valence-corrected chi connectivity index (χ3v) is 2.06. The third kappa shape index (κ3) is 2.05. The number of hydrogen-bond acceptors (Lipinski definition) is 2. The van der Waals surface area contributed by atoms with Crippen LogP contribution in [0.3, 0.4) is 0 Å². The minimum absolute atomic E-state index is 0.474. The molecule has 3 heteroatoms. The van der Waals surface area contributed by atoms with E-state index in [9.17, 15) is 0 Å². The molecule has 3 nitrogen and oxygen atoms in total. The topological polar surface area (TPSA) is 29.9 Å². The van der Waals surface area contributed by atoms with E-state index in [0.717, 1.165) is 5.69 Å². The molecule has 0 bridgehead atoms. The first-order chi connectivity index (χ1) is 6.70. The Morgan fingerprint density at radius 3 is 2.79 bits per heavy atom. The van der Waals surface area contributed by atoms with Crippen LogP contribution in [0.1, 0.15) is 31.0 Å². The Hall–Kier alpha value is -1.51. The molecule has 0 saturated heterocycles. The van der Waals surface area contributed by atoms with Crippen molar-refractivity contribution in [3.63, 3.8) is 0 Å². The van der Waals surface area contributed by atoms with Gasteiger partial charge < -0.3 is 5.43 Å². The zero-order valence-electron chi connectivity index (χ0n) is 8.99. The molecule has 1 N–H and O–H groups in total. The molecular weight excluding hydrogens is 174 g/mol. The zero-order valence-corrected chi connectivity index (χ0v) is 8.99. The maximum atomic E-state index is 4.23. The number of nitrogens with zero attached hydrogens (tertiary/aromatic N) is 2. The maximum absolute atomic E-state index is 4.23. The van der Waals surface area contributed by atoms with Crippen molar-refractivity contribution in [1.29, 1.82) is 0 Å². The highest BCUT2D eigenvalue weighted by molar-refractivity contribution is 5.52. The Bertz CT molecular complexity index is 334. The fraction of sp³-hybridized carbons (Fsp3) is 0.364. The van der Waals surface area contributed by atoms with Crippen LogP contribution in [-0.2, 0) is 0 Å². The van der Waals surface area contributed by atoms with Crippen LogP contribution in [0, 0.1) is 0 Å². The van der Waals surface area contributed by atoms with Gasteiger partial charge in [0.25, 0.3) is 0 Å². The molecular formula is C11H17N3. The van der Waals surface area contributed by atoms with Crippen LogP contribution in [-0.4, -0.2) is 16.9 Å². The first-order valence-electron chi connectivity index (χ1n) is 4.75. The maximum Gasteiger partial charge on any atom is 0.0880 e. The summed E-state index contributed by atoms with van der Waals surface area (Å²) < 4.78 is 0. The normalized spacial score (nSPS) is 11.1. The first-order valence-corrected chi connectivity index (χ1v) is 4.75. The van der Waals surface area contributed by atoms with Crippen molar-refractivity contribution in [3.8, 4) is 0 Å². The predicted octanol–water partition coefficient (Wildman–Crippen LogP) is 2.38. The molecule has 14 heavy (non-hydrogen) atoms. The SMILES string of the molecule is C=C/C=C\c1c(C(C)C)cnn1NC. The Morgan fingerprint density at radius 1 is 1.57 bits per heavy atom. The molecule has 0 saturated carbocycles. The van der Waals surface area contributed by atoms with Gasteiger partial charge in [-0.2, -0.15) is 9.89 Å². The average Bonchev–Trinajstić information content (AvgIpc) is 2.57. The summed E-state index contributed by atoms with van der Waals surface area (Å²) in [4.78, 5) is 1.76. The van der Waals surface area contributed by atoms with Crippen LogP contribution in [0.2, 0.25) is 0 Å². The minimum atomic E-state index is 0.474. The minimum Gasteiger partial charge on any atom is -0.313 e. The molecule has 0 fully saturated rings. The highest BCUT2D eigenvalue weighted by Crippen LogP contribution is 2.19. The smallest absolute Gasteiger partial charge is 0.0880 e. The second kappa shape index (κ2) is 4.65. The lowest BCUT2D eigenvalue weighted by Crippen LogP contribution is -2.12. The molecule has 1 rings (SSSR count). The highest BCUT2D eigenvalue weighted by Gasteiger charge is 2.09. The lowest BCUT2D eigenvalue weighted by Gasteiger charge is -2.06. The standard InChI is InChI=1S/C11H17N3/c1-5-6-7-11-10(9(2)3)8-13-14(11)12-4/h5-9,12H,1H2,2-4H3/b7-6-. The number of hydrogen-bond donors (Lipinski definition) is 1. The monoisotopic (exact) mass is 191 g/mol. The third-order valence-electron chi connectivity index (χ3n) is 2.06. The van der Waals surface area contributed by atoms with E-state index in [1.165, 1.54) is 5.56 Å². The van der Waals surface area contributed by atoms with Gasteiger partial charge in [0.05, 0.1) is 11.9 Å². The Labute approximate surface area is 85.1 Å². The molecule has 0 aliphatic heterocycles. The molecule has 1 heterocycles. The van der Waals surface area contributed by atoms with Crippen LogP contribution in [0.25, 0.3) is 6.08 Å². The summed E-state index contributed by atoms with van der Waals surface area (Å²) in [6, 6.07) is 0. The van der Waals surface area contributed by atoms with E-state index < -0.39 is 0 Å². The van der Waals surface area contributed by atoms with E-state index in [4.69, 9.17) is 0 Å². The van der Waals surface area contributed by atoms with Gasteiger partial charge in [-0.3, -0.25) is 0 Å². The first kappa shape index (κ1) is 10.6. The second-order valence-electron chi connectivity index (χ2n) is 3.37. The quantitative estimate of drug-likeness (QED) is 0.740. The van der Waals surface area contributed by atoms with E-state index in [2.05, 4.69) is 31.0 Å². The summed E-state index contributed by atoms with van der Waals surface area (Å²) in [7, 11) is 1.85. The molecule has 0 radical (unpaired) electrons. The summed E-state index contributed by atoms with van der Waals surface area (Å²) in [5.41, 5.74) is 5.32. The van der Waals surface area contributed by atoms with Gasteiger partial charge in [-0.05, 0) is 12.0 Å². The molecule has 76 valence electrons. The highest BCUT2D eigenvalue weighted by atomic mass is 15.5. The van der Waals surface area contributed by atoms with Gasteiger partial charge >= 0.3 is 0 Å². The van der Waals surface area contributed by atoms with E-state index in [1.807, 2.05) is 25.4 Å². The lowest BCUT2D eigenvalue weighted by atomic mass is 10.0. The Kier molecular flexibility index (Phi) is 3.51. The number of nitrogens with one attached hydrogen (secondary N) is 1. The summed E-state index contributed by atoms with van der Waals surface area (Å²) in [5, 5.41) is 4.23. The van der Waals surface area contributed by atoms with Gasteiger partial charge in [-0.15, -0.1) is 0 Å². The zero-order chi connectivity index (χ0) is 10.6. The number of rotatable bonds is 4. The van der Waals surface area contributed by atoms with Crippen molar-refractivity contribution >= 4 is 6.08 Å². The Morgan fingerprint density at radius 2 is 2.29 bits per heavy atom. The van der Waals surface area contributed by atoms with Gasteiger partial charge in [0.15, 0.2) is 0 Å². The summed E-state index contributed by atoms with van der Waals surface area (Å²) >= 11 is 0. The molecule has 1 aromatic heterocycles. The molecule has 0 unspecified atom stereocenters. The van der Waals surface area contributed by atoms with Crippen molar-refractivity contribution in [1.82, 2.24) is 9.89 Å². The van der Waals surface area contributed by atoms with E-state index >= 15 is 0 Å². The summed E-state index contributed by atoms with van der Waals surface area (Å²) in [6.07, 6.45) is 7.57. The van der Waals surface area contributed by atoms with Crippen LogP contribution in [0.15, 0.2) is 24.9 Å². The lowest BCUT2D eigenvalue weighted by molar-refractivity contribution is 0.770. The van der Waals surface area contributed by atoms with Crippen LogP contribution >= 0.6 is 0 Å². The fourth-order valence-electron chi connectivity index (χ4n) is 1.32. The summed E-state index contributed by atoms with van der Waals surface area (Å²) in [5.74, 6) is 0.474. The van der Waals surface area contributed by atoms with Crippen molar-refractivity contribution < 1.29 is 0 Å². The number of allylic oxidation sites excluding steroid dienone is 2. The average molecular weight is 191 g/mol. The fourth-order valence-corrected chi connectivity index (χ4v) is 1.32. The van der Waals surface area contributed by atoms with Gasteiger partial charge in [0.1, 0.15) is 0 Å². The van der Waals surface area contributed by atoms with Gasteiger partial charge in [0.2, 0.25) is 0 Å². The molecule has 0 spiro atoms. The van der Waals surface area contributed by atoms with Crippen molar-refractivity contribution in [2.75, 3.05) is 12.5 Å². The van der Waals surface area contributed by atoms with Crippen LogP contribution < -0.4 is 5.43 Å². The van der Waals surface area contributed by atoms with Gasteiger partial charge in [-0.25, -0.2) is 0 Å². The molecule has 0 aliphatic rings. The van der Waals surface area contributed by atoms with Crippen LogP contribution in [0.5, 0.6) is 0 Å². The molecule has 0 aliphatic carbocycles.